The van der Waals surface area contributed by atoms with Gasteiger partial charge < -0.3 is 4.43 Å². The molecule has 1 unspecified atom stereocenters. The first-order chi connectivity index (χ1) is 10.4. The topological polar surface area (TPSA) is 9.23 Å². The van der Waals surface area contributed by atoms with Crippen LogP contribution in [0.2, 0.25) is 5.04 Å². The third-order valence-corrected chi connectivity index (χ3v) is 9.24. The Morgan fingerprint density at radius 2 is 1.32 bits per heavy atom. The van der Waals surface area contributed by atoms with E-state index >= 15 is 0 Å². The summed E-state index contributed by atoms with van der Waals surface area (Å²) in [6.07, 6.45) is 1.91. The quantitative estimate of drug-likeness (QED) is 0.596. The van der Waals surface area contributed by atoms with Crippen LogP contribution in [0.5, 0.6) is 0 Å². The maximum absolute atomic E-state index is 6.74. The molecular formula is C20H26OSi. The predicted molar refractivity (Wildman–Crippen MR) is 98.4 cm³/mol. The first-order valence-electron chi connectivity index (χ1n) is 7.83. The summed E-state index contributed by atoms with van der Waals surface area (Å²) in [5, 5.41) is 2.64. The van der Waals surface area contributed by atoms with E-state index in [2.05, 4.69) is 94.9 Å². The van der Waals surface area contributed by atoms with Crippen molar-refractivity contribution in [2.45, 2.75) is 38.8 Å². The zero-order chi connectivity index (χ0) is 16.2. The molecule has 0 aliphatic carbocycles. The Morgan fingerprint density at radius 1 is 0.909 bits per heavy atom. The average molecular weight is 311 g/mol. The molecule has 2 rings (SSSR count). The fourth-order valence-corrected chi connectivity index (χ4v) is 7.69. The second kappa shape index (κ2) is 6.63. The Balaban J connectivity index is 2.72. The van der Waals surface area contributed by atoms with Crippen LogP contribution >= 0.6 is 0 Å². The molecule has 0 amide bonds. The molecule has 116 valence electrons. The van der Waals surface area contributed by atoms with Crippen molar-refractivity contribution < 1.29 is 4.43 Å². The van der Waals surface area contributed by atoms with Crippen LogP contribution in [0.1, 0.15) is 27.7 Å². The molecule has 1 atom stereocenters. The van der Waals surface area contributed by atoms with Crippen LogP contribution < -0.4 is 10.4 Å². The lowest BCUT2D eigenvalue weighted by Crippen LogP contribution is -2.67. The van der Waals surface area contributed by atoms with Crippen LogP contribution in [0.25, 0.3) is 0 Å². The predicted octanol–water partition coefficient (Wildman–Crippen LogP) is 4.14. The zero-order valence-electron chi connectivity index (χ0n) is 14.0. The van der Waals surface area contributed by atoms with Crippen molar-refractivity contribution in [3.63, 3.8) is 0 Å². The number of hydrogen-bond acceptors (Lipinski definition) is 1. The highest BCUT2D eigenvalue weighted by Gasteiger charge is 2.50. The Kier molecular flexibility index (Phi) is 5.04. The van der Waals surface area contributed by atoms with Gasteiger partial charge in [0.15, 0.2) is 0 Å². The molecule has 0 bridgehead atoms. The first-order valence-corrected chi connectivity index (χ1v) is 9.74. The molecule has 1 nitrogen and oxygen atoms in total. The van der Waals surface area contributed by atoms with E-state index in [1.165, 1.54) is 10.4 Å². The lowest BCUT2D eigenvalue weighted by molar-refractivity contribution is 0.252. The van der Waals surface area contributed by atoms with Gasteiger partial charge in [0.25, 0.3) is 8.32 Å². The maximum Gasteiger partial charge on any atom is 0.261 e. The van der Waals surface area contributed by atoms with Gasteiger partial charge in [-0.25, -0.2) is 0 Å². The largest absolute Gasteiger partial charge is 0.401 e. The second-order valence-electron chi connectivity index (χ2n) is 6.72. The minimum Gasteiger partial charge on any atom is -0.401 e. The third-order valence-electron chi connectivity index (χ3n) is 4.11. The summed E-state index contributed by atoms with van der Waals surface area (Å²) >= 11 is 0. The monoisotopic (exact) mass is 310 g/mol. The van der Waals surface area contributed by atoms with E-state index in [1.54, 1.807) is 0 Å². The van der Waals surface area contributed by atoms with Crippen molar-refractivity contribution >= 4 is 18.7 Å². The van der Waals surface area contributed by atoms with Gasteiger partial charge in [0.2, 0.25) is 0 Å². The summed E-state index contributed by atoms with van der Waals surface area (Å²) < 4.78 is 6.74. The van der Waals surface area contributed by atoms with Gasteiger partial charge in [0, 0.05) is 0 Å². The highest BCUT2D eigenvalue weighted by atomic mass is 28.4. The van der Waals surface area contributed by atoms with E-state index in [9.17, 15) is 0 Å². The van der Waals surface area contributed by atoms with Gasteiger partial charge in [-0.3, -0.25) is 0 Å². The highest BCUT2D eigenvalue weighted by Crippen LogP contribution is 2.37. The minimum atomic E-state index is -2.40. The third kappa shape index (κ3) is 3.08. The second-order valence-corrected chi connectivity index (χ2v) is 11.0. The number of hydrogen-bond donors (Lipinski definition) is 0. The lowest BCUT2D eigenvalue weighted by atomic mass is 10.2. The Bertz CT molecular complexity index is 559. The summed E-state index contributed by atoms with van der Waals surface area (Å²) in [6, 6.07) is 21.4. The van der Waals surface area contributed by atoms with E-state index in [1.807, 2.05) is 6.08 Å². The van der Waals surface area contributed by atoms with Crippen LogP contribution in [-0.2, 0) is 4.43 Å². The maximum atomic E-state index is 6.74. The van der Waals surface area contributed by atoms with E-state index < -0.39 is 8.32 Å². The molecule has 0 heterocycles. The van der Waals surface area contributed by atoms with Gasteiger partial charge in [-0.2, -0.15) is 0 Å². The van der Waals surface area contributed by atoms with Gasteiger partial charge in [-0.1, -0.05) is 87.5 Å². The summed E-state index contributed by atoms with van der Waals surface area (Å²) in [5.41, 5.74) is 0. The molecule has 0 saturated carbocycles. The molecule has 0 fully saturated rings. The molecule has 2 aromatic carbocycles. The molecule has 0 spiro atoms. The van der Waals surface area contributed by atoms with E-state index in [0.29, 0.717) is 0 Å². The molecule has 0 aliphatic rings. The Morgan fingerprint density at radius 3 is 1.64 bits per heavy atom. The molecule has 0 radical (unpaired) electrons. The van der Waals surface area contributed by atoms with E-state index in [0.717, 1.165) is 0 Å². The van der Waals surface area contributed by atoms with Crippen LogP contribution in [0.3, 0.4) is 0 Å². The van der Waals surface area contributed by atoms with Gasteiger partial charge in [0.1, 0.15) is 0 Å². The van der Waals surface area contributed by atoms with Crippen LogP contribution in [-0.4, -0.2) is 14.4 Å². The fraction of sp³-hybridized carbons (Fsp3) is 0.300. The molecular weight excluding hydrogens is 284 g/mol. The molecule has 0 saturated heterocycles. The smallest absolute Gasteiger partial charge is 0.261 e. The number of benzene rings is 2. The lowest BCUT2D eigenvalue weighted by Gasteiger charge is -2.44. The standard InChI is InChI=1S/C20H26OSi/c1-6-17(2)21-22(20(3,4)5,18-13-9-7-10-14-18)19-15-11-8-12-16-19/h6-17H,1H2,2-5H3. The zero-order valence-corrected chi connectivity index (χ0v) is 15.0. The normalized spacial score (nSPS) is 13.6. The number of rotatable bonds is 5. The summed E-state index contributed by atoms with van der Waals surface area (Å²) in [7, 11) is -2.40. The molecule has 0 N–H and O–H groups in total. The van der Waals surface area contributed by atoms with E-state index in [4.69, 9.17) is 4.43 Å². The average Bonchev–Trinajstić information content (AvgIpc) is 2.52. The van der Waals surface area contributed by atoms with Crippen molar-refractivity contribution in [3.8, 4) is 0 Å². The van der Waals surface area contributed by atoms with Crippen LogP contribution in [0.15, 0.2) is 73.3 Å². The summed E-state index contributed by atoms with van der Waals surface area (Å²) in [5.74, 6) is 0. The molecule has 0 aromatic heterocycles. The van der Waals surface area contributed by atoms with Crippen molar-refractivity contribution in [1.29, 1.82) is 0 Å². The highest BCUT2D eigenvalue weighted by molar-refractivity contribution is 6.99. The van der Waals surface area contributed by atoms with Crippen molar-refractivity contribution in [1.82, 2.24) is 0 Å². The Hall–Kier alpha value is -1.64. The summed E-state index contributed by atoms with van der Waals surface area (Å²) in [6.45, 7) is 12.8. The molecule has 22 heavy (non-hydrogen) atoms. The van der Waals surface area contributed by atoms with Gasteiger partial charge in [-0.15, -0.1) is 6.58 Å². The van der Waals surface area contributed by atoms with Gasteiger partial charge >= 0.3 is 0 Å². The minimum absolute atomic E-state index is 0.0197. The molecule has 2 heteroatoms. The summed E-state index contributed by atoms with van der Waals surface area (Å²) in [4.78, 5) is 0. The van der Waals surface area contributed by atoms with Gasteiger partial charge in [-0.05, 0) is 22.3 Å². The van der Waals surface area contributed by atoms with E-state index in [-0.39, 0.29) is 11.1 Å². The fourth-order valence-electron chi connectivity index (χ4n) is 3.02. The van der Waals surface area contributed by atoms with Crippen molar-refractivity contribution in [3.05, 3.63) is 73.3 Å². The first kappa shape index (κ1) is 16.7. The SMILES string of the molecule is C=CC(C)O[Si](c1ccccc1)(c1ccccc1)C(C)(C)C. The van der Waals surface area contributed by atoms with Crippen LogP contribution in [0, 0.1) is 0 Å². The Labute approximate surface area is 135 Å². The van der Waals surface area contributed by atoms with Crippen molar-refractivity contribution in [2.24, 2.45) is 0 Å². The molecule has 0 aliphatic heterocycles. The van der Waals surface area contributed by atoms with Crippen molar-refractivity contribution in [2.75, 3.05) is 0 Å². The molecule has 2 aromatic rings. The van der Waals surface area contributed by atoms with Crippen LogP contribution in [0.4, 0.5) is 0 Å². The van der Waals surface area contributed by atoms with Gasteiger partial charge in [0.05, 0.1) is 6.10 Å².